The first kappa shape index (κ1) is 122. The molecule has 834 valence electrons. The van der Waals surface area contributed by atoms with Crippen LogP contribution in [0.4, 0.5) is 0 Å². The van der Waals surface area contributed by atoms with Crippen LogP contribution < -0.4 is 0 Å². The van der Waals surface area contributed by atoms with Crippen LogP contribution in [0.25, 0.3) is 129 Å². The molecule has 13 aromatic carbocycles. The van der Waals surface area contributed by atoms with Crippen molar-refractivity contribution in [3.63, 3.8) is 0 Å². The minimum atomic E-state index is 0.680. The molecule has 0 aliphatic carbocycles. The van der Waals surface area contributed by atoms with Gasteiger partial charge in [0.2, 0.25) is 0 Å². The molecule has 0 heteroatoms. The van der Waals surface area contributed by atoms with E-state index in [1.165, 1.54) is 578 Å². The first-order valence-electron chi connectivity index (χ1n) is 68.4. The zero-order chi connectivity index (χ0) is 105. The predicted octanol–water partition coefficient (Wildman–Crippen LogP) is 52.1. The maximum atomic E-state index is 2.98. The smallest absolute Gasteiger partial charge is 0.0000472 e. The Labute approximate surface area is 925 Å². The summed E-state index contributed by atoms with van der Waals surface area (Å²) in [6.07, 6.45) is 123. The highest BCUT2D eigenvalue weighted by atomic mass is 14.4. The zero-order valence-electron chi connectivity index (χ0n) is 101. The Hall–Kier alpha value is -5.46. The minimum Gasteiger partial charge on any atom is -0.0654 e. The Balaban J connectivity index is 1.17. The van der Waals surface area contributed by atoms with Crippen molar-refractivity contribution < 1.29 is 0 Å². The molecule has 0 fully saturated rings. The molecule has 0 amide bonds. The monoisotopic (exact) mass is 2040 g/mol. The maximum Gasteiger partial charge on any atom is -0.0000472 e. The van der Waals surface area contributed by atoms with Gasteiger partial charge in [-0.25, -0.2) is 0 Å². The maximum absolute atomic E-state index is 2.98. The lowest BCUT2D eigenvalue weighted by Crippen LogP contribution is -2.09. The van der Waals surface area contributed by atoms with Crippen LogP contribution in [0.1, 0.15) is 656 Å². The van der Waals surface area contributed by atoms with Gasteiger partial charge < -0.3 is 0 Å². The Morgan fingerprint density at radius 3 is 0.273 bits per heavy atom. The second kappa shape index (κ2) is 69.7. The fourth-order valence-electron chi connectivity index (χ4n) is 30.0. The quantitative estimate of drug-likeness (QED) is 0.0202. The lowest BCUT2D eigenvalue weighted by Gasteiger charge is -2.31. The lowest BCUT2D eigenvalue weighted by atomic mass is 9.71. The van der Waals surface area contributed by atoms with Crippen molar-refractivity contribution in [2.45, 2.75) is 661 Å². The summed E-state index contributed by atoms with van der Waals surface area (Å²) in [7, 11) is 0. The molecule has 0 aliphatic rings. The van der Waals surface area contributed by atoms with Crippen LogP contribution in [0.15, 0.2) is 72.8 Å². The van der Waals surface area contributed by atoms with Crippen LogP contribution in [0.3, 0.4) is 0 Å². The highest BCUT2D eigenvalue weighted by Crippen LogP contribution is 2.62. The highest BCUT2D eigenvalue weighted by molar-refractivity contribution is 6.61. The summed E-state index contributed by atoms with van der Waals surface area (Å²) in [5.74, 6) is 4.08. The Kier molecular flexibility index (Phi) is 56.5. The first-order chi connectivity index (χ1) is 74.1. The van der Waals surface area contributed by atoms with Crippen molar-refractivity contribution in [3.05, 3.63) is 106 Å². The molecule has 0 aliphatic heterocycles. The van der Waals surface area contributed by atoms with Gasteiger partial charge in [0, 0.05) is 0 Å². The van der Waals surface area contributed by atoms with Gasteiger partial charge in [0.15, 0.2) is 0 Å². The van der Waals surface area contributed by atoms with E-state index in [9.17, 15) is 0 Å². The second-order valence-corrected chi connectivity index (χ2v) is 51.7. The highest BCUT2D eigenvalue weighted by Gasteiger charge is 2.35. The lowest BCUT2D eigenvalue weighted by molar-refractivity contribution is 0.402. The fourth-order valence-corrected chi connectivity index (χ4v) is 30.0. The summed E-state index contributed by atoms with van der Waals surface area (Å²) in [6, 6.07) is 35.8. The molecule has 0 N–H and O–H groups in total. The van der Waals surface area contributed by atoms with E-state index in [0.717, 1.165) is 0 Å². The van der Waals surface area contributed by atoms with Gasteiger partial charge in [0.25, 0.3) is 0 Å². The molecule has 0 saturated carbocycles. The van der Waals surface area contributed by atoms with Crippen molar-refractivity contribution in [2.75, 3.05) is 0 Å². The first-order valence-corrected chi connectivity index (χ1v) is 68.4. The molecule has 13 rings (SSSR count). The number of hydrogen-bond donors (Lipinski definition) is 0. The van der Waals surface area contributed by atoms with E-state index >= 15 is 0 Å². The largest absolute Gasteiger partial charge is 0.0654 e. The van der Waals surface area contributed by atoms with Crippen LogP contribution in [0, 0.1) is 35.5 Å². The molecule has 13 aromatic rings. The standard InChI is InChI=1S/C150H234/c1-13-25-37-49-55-61-67-79-91-115(85-73-43-31-19-7)97-121-103-127-129-105-122(98-116(86-74-44-32-20-8)92-80-68-62-56-50-38-26-14-2)107-131-133-109-124(100-118(88-76-46-34-22-10)94-82-70-64-58-52-40-28-16-4)111-135-137-113-126(102-120(90-78-48-36-24-12)96-84-72-66-60-54-42-30-18-6)114-138-136-112-125(101-119(89-77-47-35-23-11)95-83-71-65-59-53-41-29-17-5)110-134-132-108-123(99-117(87-75-45-33-21-9)93-81-69-63-57-51-39-27-15-3)106-130-128(104-121)139(127)145-146(140(129)131)148(142(133)135)150(144(137)138)149(143(134)136)147(145)141(130)132/h103-120H,13-102H2,1-12H3. The normalized spacial score (nSPS) is 13.8. The minimum absolute atomic E-state index is 0.680. The second-order valence-electron chi connectivity index (χ2n) is 51.7. The van der Waals surface area contributed by atoms with Gasteiger partial charge in [-0.1, -0.05) is 695 Å². The summed E-state index contributed by atoms with van der Waals surface area (Å²) >= 11 is 0. The average molecular weight is 2040 g/mol. The Bertz CT molecular complexity index is 4580. The van der Waals surface area contributed by atoms with Gasteiger partial charge in [-0.2, -0.15) is 0 Å². The van der Waals surface area contributed by atoms with Gasteiger partial charge in [0.05, 0.1) is 0 Å². The van der Waals surface area contributed by atoms with E-state index < -0.39 is 0 Å². The summed E-state index contributed by atoms with van der Waals surface area (Å²) in [6.45, 7) is 29.0. The number of unbranched alkanes of at least 4 members (excludes halogenated alkanes) is 60. The van der Waals surface area contributed by atoms with Crippen LogP contribution in [0.2, 0.25) is 0 Å². The van der Waals surface area contributed by atoms with E-state index in [0.29, 0.717) is 35.5 Å². The van der Waals surface area contributed by atoms with E-state index in [1.54, 1.807) is 163 Å². The van der Waals surface area contributed by atoms with Gasteiger partial charge in [-0.05, 0) is 237 Å². The molecule has 0 heterocycles. The van der Waals surface area contributed by atoms with Crippen molar-refractivity contribution in [3.8, 4) is 0 Å². The topological polar surface area (TPSA) is 0 Å². The van der Waals surface area contributed by atoms with E-state index in [1.807, 2.05) is 0 Å². The third-order valence-electron chi connectivity index (χ3n) is 38.7. The van der Waals surface area contributed by atoms with Crippen molar-refractivity contribution in [1.82, 2.24) is 0 Å². The van der Waals surface area contributed by atoms with Crippen molar-refractivity contribution in [2.24, 2.45) is 35.5 Å². The van der Waals surface area contributed by atoms with Gasteiger partial charge in [0.1, 0.15) is 0 Å². The summed E-state index contributed by atoms with van der Waals surface area (Å²) in [5, 5.41) is 39.1. The SMILES string of the molecule is CCCCCCCCCCC(CCCCCC)Cc1cc2c3cc(CC(CCCCCC)CCCCCCCCCC)cc4c5cc(CC(CCCCCC)CCCCCCCCCC)cc6c7cc(CC(CCCCCC)CCCCCCCCCC)cc8c9cc(CC(CCCCCC)CCCCCCCCCC)cc%10c%11cc(CC(CCCCCC)CCCCCCCCCC)cc%12c(c1)c2c1c(c34)c(c56)c(c78)c(c%109)c1c%12%11. The summed E-state index contributed by atoms with van der Waals surface area (Å²) in [4.78, 5) is 0. The van der Waals surface area contributed by atoms with Gasteiger partial charge in [-0.15, -0.1) is 0 Å². The van der Waals surface area contributed by atoms with Crippen molar-refractivity contribution in [1.29, 1.82) is 0 Å². The zero-order valence-corrected chi connectivity index (χ0v) is 101. The van der Waals surface area contributed by atoms with Gasteiger partial charge >= 0.3 is 0 Å². The summed E-state index contributed by atoms with van der Waals surface area (Å²) in [5.41, 5.74) is 9.92. The third-order valence-corrected chi connectivity index (χ3v) is 38.7. The molecular formula is C150H234. The third kappa shape index (κ3) is 35.8. The molecule has 6 atom stereocenters. The Morgan fingerprint density at radius 2 is 0.180 bits per heavy atom. The van der Waals surface area contributed by atoms with Gasteiger partial charge in [-0.3, -0.25) is 0 Å². The van der Waals surface area contributed by atoms with E-state index in [4.69, 9.17) is 0 Å². The van der Waals surface area contributed by atoms with Crippen LogP contribution >= 0.6 is 0 Å². The molecule has 0 spiro atoms. The average Bonchev–Trinajstić information content (AvgIpc) is 0.640. The number of hydrogen-bond acceptors (Lipinski definition) is 0. The molecule has 6 unspecified atom stereocenters. The number of benzene rings is 13. The Morgan fingerprint density at radius 1 is 0.100 bits per heavy atom. The molecule has 150 heavy (non-hydrogen) atoms. The molecular weight excluding hydrogens is 1800 g/mol. The van der Waals surface area contributed by atoms with E-state index in [2.05, 4.69) is 156 Å². The van der Waals surface area contributed by atoms with Crippen molar-refractivity contribution >= 4 is 129 Å². The summed E-state index contributed by atoms with van der Waals surface area (Å²) < 4.78 is 0. The molecule has 0 nitrogen and oxygen atoms in total. The number of fused-ring (bicyclic) bond motifs is 6. The molecule has 0 radical (unpaired) electrons. The molecule has 0 saturated heterocycles. The van der Waals surface area contributed by atoms with Crippen LogP contribution in [-0.4, -0.2) is 0 Å². The number of rotatable bonds is 96. The predicted molar refractivity (Wildman–Crippen MR) is 683 cm³/mol. The molecule has 0 aromatic heterocycles. The van der Waals surface area contributed by atoms with Crippen LogP contribution in [0.5, 0.6) is 0 Å². The van der Waals surface area contributed by atoms with Crippen LogP contribution in [-0.2, 0) is 38.5 Å². The fraction of sp³-hybridized carbons (Fsp3) is 0.720. The van der Waals surface area contributed by atoms with E-state index in [-0.39, 0.29) is 0 Å². The molecule has 0 bridgehead atoms.